The number of nitrogens with one attached hydrogen (secondary N) is 1. The van der Waals surface area contributed by atoms with Gasteiger partial charge in [-0.25, -0.2) is 0 Å². The molecule has 0 saturated carbocycles. The van der Waals surface area contributed by atoms with Gasteiger partial charge in [-0.1, -0.05) is 44.2 Å². The van der Waals surface area contributed by atoms with Gasteiger partial charge in [-0.15, -0.1) is 0 Å². The number of anilines is 2. The molecular formula is C20H26N2. The summed E-state index contributed by atoms with van der Waals surface area (Å²) in [6, 6.07) is 15.9. The molecule has 1 heterocycles. The minimum Gasteiger partial charge on any atom is -0.381 e. The average Bonchev–Trinajstić information content (AvgIpc) is 2.50. The van der Waals surface area contributed by atoms with E-state index < -0.39 is 0 Å². The first-order valence-corrected chi connectivity index (χ1v) is 8.23. The van der Waals surface area contributed by atoms with Crippen molar-refractivity contribution in [2.45, 2.75) is 33.7 Å². The molecule has 0 saturated heterocycles. The predicted molar refractivity (Wildman–Crippen MR) is 95.8 cm³/mol. The number of rotatable bonds is 3. The maximum atomic E-state index is 3.64. The predicted octanol–water partition coefficient (Wildman–Crippen LogP) is 4.93. The summed E-state index contributed by atoms with van der Waals surface area (Å²) in [5, 5.41) is 3.64. The molecule has 0 amide bonds. The summed E-state index contributed by atoms with van der Waals surface area (Å²) in [7, 11) is 0. The second-order valence-corrected chi connectivity index (χ2v) is 6.81. The van der Waals surface area contributed by atoms with Gasteiger partial charge >= 0.3 is 0 Å². The minimum absolute atomic E-state index is 0.401. The van der Waals surface area contributed by atoms with Crippen LogP contribution in [0.3, 0.4) is 0 Å². The maximum Gasteiger partial charge on any atom is 0.0715 e. The van der Waals surface area contributed by atoms with Crippen LogP contribution in [0.4, 0.5) is 11.4 Å². The number of hydrogen-bond acceptors (Lipinski definition) is 2. The van der Waals surface area contributed by atoms with E-state index in [4.69, 9.17) is 0 Å². The van der Waals surface area contributed by atoms with Crippen molar-refractivity contribution in [3.05, 3.63) is 59.2 Å². The molecule has 1 unspecified atom stereocenters. The molecule has 2 nitrogen and oxygen atoms in total. The molecular weight excluding hydrogens is 268 g/mol. The van der Waals surface area contributed by atoms with Crippen LogP contribution in [0.5, 0.6) is 0 Å². The van der Waals surface area contributed by atoms with Crippen molar-refractivity contribution in [3.63, 3.8) is 0 Å². The molecule has 116 valence electrons. The third-order valence-electron chi connectivity index (χ3n) is 4.53. The molecule has 1 aliphatic heterocycles. The minimum atomic E-state index is 0.401. The van der Waals surface area contributed by atoms with Gasteiger partial charge < -0.3 is 10.2 Å². The van der Waals surface area contributed by atoms with E-state index in [2.05, 4.69) is 80.4 Å². The normalized spacial score (nSPS) is 17.3. The van der Waals surface area contributed by atoms with E-state index >= 15 is 0 Å². The van der Waals surface area contributed by atoms with Gasteiger partial charge in [-0.05, 0) is 48.6 Å². The van der Waals surface area contributed by atoms with E-state index in [1.807, 2.05) is 0 Å². The fourth-order valence-corrected chi connectivity index (χ4v) is 3.26. The second kappa shape index (κ2) is 6.04. The summed E-state index contributed by atoms with van der Waals surface area (Å²) in [4.78, 5) is 2.58. The van der Waals surface area contributed by atoms with Crippen molar-refractivity contribution in [3.8, 4) is 0 Å². The second-order valence-electron chi connectivity index (χ2n) is 6.81. The van der Waals surface area contributed by atoms with Crippen LogP contribution in [0.2, 0.25) is 0 Å². The Bertz CT molecular complexity index is 646. The van der Waals surface area contributed by atoms with Gasteiger partial charge in [0.1, 0.15) is 0 Å². The van der Waals surface area contributed by atoms with E-state index in [1.54, 1.807) is 0 Å². The van der Waals surface area contributed by atoms with Gasteiger partial charge in [0.15, 0.2) is 0 Å². The van der Waals surface area contributed by atoms with Crippen LogP contribution in [-0.2, 0) is 0 Å². The molecule has 0 bridgehead atoms. The molecule has 1 aliphatic rings. The Morgan fingerprint density at radius 3 is 2.45 bits per heavy atom. The molecule has 0 aliphatic carbocycles. The summed E-state index contributed by atoms with van der Waals surface area (Å²) in [6.45, 7) is 11.0. The lowest BCUT2D eigenvalue weighted by Gasteiger charge is -2.41. The van der Waals surface area contributed by atoms with Crippen molar-refractivity contribution < 1.29 is 0 Å². The summed E-state index contributed by atoms with van der Waals surface area (Å²) in [6.07, 6.45) is 0. The van der Waals surface area contributed by atoms with Crippen molar-refractivity contribution in [2.24, 2.45) is 5.92 Å². The van der Waals surface area contributed by atoms with E-state index in [-0.39, 0.29) is 0 Å². The highest BCUT2D eigenvalue weighted by atomic mass is 15.2. The zero-order valence-corrected chi connectivity index (χ0v) is 14.1. The molecule has 2 aromatic rings. The largest absolute Gasteiger partial charge is 0.381 e. The highest BCUT2D eigenvalue weighted by Gasteiger charge is 2.28. The van der Waals surface area contributed by atoms with E-state index in [0.29, 0.717) is 12.0 Å². The molecule has 2 heteroatoms. The van der Waals surface area contributed by atoms with Crippen molar-refractivity contribution in [1.82, 2.24) is 0 Å². The van der Waals surface area contributed by atoms with E-state index in [1.165, 1.54) is 28.1 Å². The highest BCUT2D eigenvalue weighted by Crippen LogP contribution is 2.39. The van der Waals surface area contributed by atoms with Crippen LogP contribution in [0, 0.1) is 19.8 Å². The molecule has 0 fully saturated rings. The summed E-state index contributed by atoms with van der Waals surface area (Å²) in [5.41, 5.74) is 6.73. The van der Waals surface area contributed by atoms with Crippen LogP contribution >= 0.6 is 0 Å². The lowest BCUT2D eigenvalue weighted by atomic mass is 9.97. The Morgan fingerprint density at radius 1 is 1.09 bits per heavy atom. The maximum absolute atomic E-state index is 3.64. The van der Waals surface area contributed by atoms with Gasteiger partial charge in [-0.2, -0.15) is 0 Å². The van der Waals surface area contributed by atoms with Gasteiger partial charge in [0.05, 0.1) is 17.4 Å². The molecule has 3 rings (SSSR count). The van der Waals surface area contributed by atoms with Gasteiger partial charge in [-0.3, -0.25) is 0 Å². The SMILES string of the molecule is Cc1cc2c(cc1C)N(CC(C)C)C(c1ccccc1)CN2. The first kappa shape index (κ1) is 15.0. The summed E-state index contributed by atoms with van der Waals surface area (Å²) < 4.78 is 0. The fourth-order valence-electron chi connectivity index (χ4n) is 3.26. The van der Waals surface area contributed by atoms with Crippen LogP contribution in [0.1, 0.15) is 36.6 Å². The Hall–Kier alpha value is -1.96. The lowest BCUT2D eigenvalue weighted by molar-refractivity contribution is 0.546. The first-order chi connectivity index (χ1) is 10.6. The van der Waals surface area contributed by atoms with Crippen LogP contribution in [-0.4, -0.2) is 13.1 Å². The molecule has 2 aromatic carbocycles. The van der Waals surface area contributed by atoms with Crippen molar-refractivity contribution >= 4 is 11.4 Å². The van der Waals surface area contributed by atoms with E-state index in [9.17, 15) is 0 Å². The van der Waals surface area contributed by atoms with E-state index in [0.717, 1.165) is 13.1 Å². The fraction of sp³-hybridized carbons (Fsp3) is 0.400. The molecule has 0 aromatic heterocycles. The quantitative estimate of drug-likeness (QED) is 0.863. The lowest BCUT2D eigenvalue weighted by Crippen LogP contribution is -2.40. The molecule has 1 atom stereocenters. The Balaban J connectivity index is 2.04. The van der Waals surface area contributed by atoms with Crippen molar-refractivity contribution in [1.29, 1.82) is 0 Å². The van der Waals surface area contributed by atoms with Crippen LogP contribution in [0.25, 0.3) is 0 Å². The molecule has 22 heavy (non-hydrogen) atoms. The van der Waals surface area contributed by atoms with Gasteiger partial charge in [0.2, 0.25) is 0 Å². The zero-order valence-electron chi connectivity index (χ0n) is 14.1. The Labute approximate surface area is 134 Å². The zero-order chi connectivity index (χ0) is 15.7. The van der Waals surface area contributed by atoms with Gasteiger partial charge in [0.25, 0.3) is 0 Å². The Morgan fingerprint density at radius 2 is 1.77 bits per heavy atom. The summed E-state index contributed by atoms with van der Waals surface area (Å²) in [5.74, 6) is 0.638. The average molecular weight is 294 g/mol. The molecule has 0 radical (unpaired) electrons. The number of hydrogen-bond donors (Lipinski definition) is 1. The molecule has 1 N–H and O–H groups in total. The summed E-state index contributed by atoms with van der Waals surface area (Å²) >= 11 is 0. The number of fused-ring (bicyclic) bond motifs is 1. The number of aryl methyl sites for hydroxylation is 2. The highest BCUT2D eigenvalue weighted by molar-refractivity contribution is 5.75. The smallest absolute Gasteiger partial charge is 0.0715 e. The van der Waals surface area contributed by atoms with Crippen LogP contribution in [0.15, 0.2) is 42.5 Å². The topological polar surface area (TPSA) is 15.3 Å². The Kier molecular flexibility index (Phi) is 4.10. The van der Waals surface area contributed by atoms with Crippen molar-refractivity contribution in [2.75, 3.05) is 23.3 Å². The van der Waals surface area contributed by atoms with Crippen LogP contribution < -0.4 is 10.2 Å². The number of benzene rings is 2. The third-order valence-corrected chi connectivity index (χ3v) is 4.53. The standard InChI is InChI=1S/C20H26N2/c1-14(2)13-22-19-11-16(4)15(3)10-18(19)21-12-20(22)17-8-6-5-7-9-17/h5-11,14,20-21H,12-13H2,1-4H3. The first-order valence-electron chi connectivity index (χ1n) is 8.23. The number of nitrogens with zero attached hydrogens (tertiary/aromatic N) is 1. The third kappa shape index (κ3) is 2.83. The molecule has 0 spiro atoms. The monoisotopic (exact) mass is 294 g/mol. The van der Waals surface area contributed by atoms with Gasteiger partial charge in [0, 0.05) is 13.1 Å².